The number of carboxylic acids is 1. The molecule has 0 saturated heterocycles. The highest BCUT2D eigenvalue weighted by atomic mass is 32.1. The van der Waals surface area contributed by atoms with E-state index in [2.05, 4.69) is 12.6 Å². The van der Waals surface area contributed by atoms with Gasteiger partial charge in [-0.1, -0.05) is 6.92 Å². The zero-order chi connectivity index (χ0) is 8.15. The number of carbonyl (C=O) groups is 1. The van der Waals surface area contributed by atoms with Crippen LogP contribution >= 0.6 is 12.6 Å². The summed E-state index contributed by atoms with van der Waals surface area (Å²) in [5.41, 5.74) is 5.53. The van der Waals surface area contributed by atoms with Crippen molar-refractivity contribution in [3.05, 3.63) is 0 Å². The quantitative estimate of drug-likeness (QED) is 0.529. The molecular weight excluding hydrogens is 150 g/mol. The maximum Gasteiger partial charge on any atom is 0.304 e. The zero-order valence-electron chi connectivity index (χ0n) is 5.95. The summed E-state index contributed by atoms with van der Waals surface area (Å²) in [7, 11) is 0. The van der Waals surface area contributed by atoms with E-state index in [-0.39, 0.29) is 17.7 Å². The first-order valence-corrected chi connectivity index (χ1v) is 3.75. The van der Waals surface area contributed by atoms with Crippen molar-refractivity contribution in [2.75, 3.05) is 0 Å². The van der Waals surface area contributed by atoms with Crippen molar-refractivity contribution in [1.29, 1.82) is 0 Å². The van der Waals surface area contributed by atoms with E-state index in [4.69, 9.17) is 10.8 Å². The standard InChI is InChI=1S/C6H13NO2S/c1-2-4(7)5(10)3-6(8)9/h4-5,10H,2-3,7H2,1H3,(H,8,9)/t4-,5?/m1/s1. The molecular formula is C6H13NO2S. The van der Waals surface area contributed by atoms with E-state index in [1.165, 1.54) is 0 Å². The predicted octanol–water partition coefficient (Wildman–Crippen LogP) is 0.497. The van der Waals surface area contributed by atoms with Gasteiger partial charge in [-0.15, -0.1) is 0 Å². The van der Waals surface area contributed by atoms with Crippen LogP contribution in [0.2, 0.25) is 0 Å². The lowest BCUT2D eigenvalue weighted by molar-refractivity contribution is -0.137. The third kappa shape index (κ3) is 3.74. The van der Waals surface area contributed by atoms with Crippen LogP contribution in [0.25, 0.3) is 0 Å². The molecule has 2 atom stereocenters. The van der Waals surface area contributed by atoms with Gasteiger partial charge in [-0.05, 0) is 6.42 Å². The van der Waals surface area contributed by atoms with Crippen LogP contribution < -0.4 is 5.73 Å². The van der Waals surface area contributed by atoms with E-state index >= 15 is 0 Å². The van der Waals surface area contributed by atoms with Crippen LogP contribution in [0.15, 0.2) is 0 Å². The molecule has 0 aliphatic rings. The largest absolute Gasteiger partial charge is 0.481 e. The maximum absolute atomic E-state index is 10.1. The molecule has 0 aromatic rings. The minimum atomic E-state index is -0.844. The van der Waals surface area contributed by atoms with Crippen LogP contribution in [0, 0.1) is 0 Å². The molecule has 0 aliphatic heterocycles. The third-order valence-electron chi connectivity index (χ3n) is 1.35. The Morgan fingerprint density at radius 2 is 2.30 bits per heavy atom. The van der Waals surface area contributed by atoms with Crippen molar-refractivity contribution in [2.24, 2.45) is 5.73 Å². The first kappa shape index (κ1) is 9.78. The van der Waals surface area contributed by atoms with E-state index < -0.39 is 5.97 Å². The van der Waals surface area contributed by atoms with Crippen molar-refractivity contribution in [3.8, 4) is 0 Å². The molecule has 0 saturated carbocycles. The summed E-state index contributed by atoms with van der Waals surface area (Å²) in [5, 5.41) is 8.10. The Morgan fingerprint density at radius 3 is 2.60 bits per heavy atom. The molecule has 60 valence electrons. The first-order valence-electron chi connectivity index (χ1n) is 3.23. The number of hydrogen-bond acceptors (Lipinski definition) is 3. The van der Waals surface area contributed by atoms with Crippen LogP contribution in [-0.4, -0.2) is 22.4 Å². The minimum absolute atomic E-state index is 0.0398. The topological polar surface area (TPSA) is 63.3 Å². The van der Waals surface area contributed by atoms with Crippen LogP contribution in [0.4, 0.5) is 0 Å². The van der Waals surface area contributed by atoms with Gasteiger partial charge in [0.15, 0.2) is 0 Å². The Labute approximate surface area is 66.0 Å². The summed E-state index contributed by atoms with van der Waals surface area (Å²) in [6.45, 7) is 1.91. The van der Waals surface area contributed by atoms with Crippen molar-refractivity contribution in [3.63, 3.8) is 0 Å². The Balaban J connectivity index is 3.61. The molecule has 1 unspecified atom stereocenters. The fourth-order valence-corrected chi connectivity index (χ4v) is 0.969. The Kier molecular flexibility index (Phi) is 4.47. The molecule has 0 radical (unpaired) electrons. The fourth-order valence-electron chi connectivity index (χ4n) is 0.602. The summed E-state index contributed by atoms with van der Waals surface area (Å²) in [5.74, 6) is -0.844. The molecule has 0 aromatic carbocycles. The second kappa shape index (κ2) is 4.57. The van der Waals surface area contributed by atoms with Gasteiger partial charge in [-0.3, -0.25) is 4.79 Å². The van der Waals surface area contributed by atoms with E-state index in [9.17, 15) is 4.79 Å². The highest BCUT2D eigenvalue weighted by Crippen LogP contribution is 2.07. The molecule has 0 aromatic heterocycles. The number of nitrogens with two attached hydrogens (primary N) is 1. The van der Waals surface area contributed by atoms with Crippen molar-refractivity contribution in [2.45, 2.75) is 31.1 Å². The van der Waals surface area contributed by atoms with Gasteiger partial charge in [-0.25, -0.2) is 0 Å². The van der Waals surface area contributed by atoms with Gasteiger partial charge in [0.1, 0.15) is 0 Å². The van der Waals surface area contributed by atoms with Gasteiger partial charge in [0.2, 0.25) is 0 Å². The van der Waals surface area contributed by atoms with Gasteiger partial charge in [0, 0.05) is 11.3 Å². The summed E-state index contributed by atoms with van der Waals surface area (Å²) < 4.78 is 0. The SMILES string of the molecule is CC[C@@H](N)C(S)CC(=O)O. The lowest BCUT2D eigenvalue weighted by atomic mass is 10.1. The second-order valence-electron chi connectivity index (χ2n) is 2.24. The number of carboxylic acid groups (broad SMARTS) is 1. The predicted molar refractivity (Wildman–Crippen MR) is 43.3 cm³/mol. The van der Waals surface area contributed by atoms with Crippen molar-refractivity contribution < 1.29 is 9.90 Å². The van der Waals surface area contributed by atoms with Gasteiger partial charge in [0.05, 0.1) is 6.42 Å². The van der Waals surface area contributed by atoms with Crippen molar-refractivity contribution >= 4 is 18.6 Å². The summed E-state index contributed by atoms with van der Waals surface area (Å²) >= 11 is 4.04. The minimum Gasteiger partial charge on any atom is -0.481 e. The monoisotopic (exact) mass is 163 g/mol. The molecule has 0 rings (SSSR count). The second-order valence-corrected chi connectivity index (χ2v) is 2.90. The van der Waals surface area contributed by atoms with Crippen LogP contribution in [0.5, 0.6) is 0 Å². The number of rotatable bonds is 4. The van der Waals surface area contributed by atoms with E-state index in [0.717, 1.165) is 6.42 Å². The molecule has 0 heterocycles. The van der Waals surface area contributed by atoms with Gasteiger partial charge in [-0.2, -0.15) is 12.6 Å². The molecule has 10 heavy (non-hydrogen) atoms. The zero-order valence-corrected chi connectivity index (χ0v) is 6.84. The number of hydrogen-bond donors (Lipinski definition) is 3. The molecule has 3 nitrogen and oxygen atoms in total. The van der Waals surface area contributed by atoms with Gasteiger partial charge < -0.3 is 10.8 Å². The highest BCUT2D eigenvalue weighted by Gasteiger charge is 2.14. The molecule has 3 N–H and O–H groups in total. The first-order chi connectivity index (χ1) is 4.57. The van der Waals surface area contributed by atoms with Crippen LogP contribution in [0.1, 0.15) is 19.8 Å². The average Bonchev–Trinajstić information content (AvgIpc) is 1.85. The molecule has 0 spiro atoms. The fraction of sp³-hybridized carbons (Fsp3) is 0.833. The van der Waals surface area contributed by atoms with E-state index in [1.54, 1.807) is 0 Å². The van der Waals surface area contributed by atoms with Crippen molar-refractivity contribution in [1.82, 2.24) is 0 Å². The van der Waals surface area contributed by atoms with Crippen LogP contribution in [0.3, 0.4) is 0 Å². The highest BCUT2D eigenvalue weighted by molar-refractivity contribution is 7.81. The third-order valence-corrected chi connectivity index (χ3v) is 1.91. The Bertz CT molecular complexity index is 118. The lowest BCUT2D eigenvalue weighted by Crippen LogP contribution is -2.31. The summed E-state index contributed by atoms with van der Waals surface area (Å²) in [6, 6.07) is -0.112. The van der Waals surface area contributed by atoms with E-state index in [1.807, 2.05) is 6.92 Å². The molecule has 0 fully saturated rings. The summed E-state index contributed by atoms with van der Waals surface area (Å²) in [4.78, 5) is 10.1. The number of aliphatic carboxylic acids is 1. The Hall–Kier alpha value is -0.220. The van der Waals surface area contributed by atoms with Gasteiger partial charge in [0.25, 0.3) is 0 Å². The van der Waals surface area contributed by atoms with Crippen LogP contribution in [-0.2, 0) is 4.79 Å². The Morgan fingerprint density at radius 1 is 1.80 bits per heavy atom. The molecule has 0 amide bonds. The maximum atomic E-state index is 10.1. The molecule has 0 aliphatic carbocycles. The normalized spacial score (nSPS) is 16.3. The average molecular weight is 163 g/mol. The molecule has 0 bridgehead atoms. The smallest absolute Gasteiger partial charge is 0.304 e. The van der Waals surface area contributed by atoms with Gasteiger partial charge >= 0.3 is 5.97 Å². The molecule has 4 heteroatoms. The summed E-state index contributed by atoms with van der Waals surface area (Å²) in [6.07, 6.45) is 0.805. The van der Waals surface area contributed by atoms with E-state index in [0.29, 0.717) is 0 Å². The lowest BCUT2D eigenvalue weighted by Gasteiger charge is -2.14. The number of thiol groups is 1.